The van der Waals surface area contributed by atoms with Gasteiger partial charge in [0.05, 0.1) is 6.54 Å². The van der Waals surface area contributed by atoms with Crippen LogP contribution in [0.5, 0.6) is 0 Å². The number of ether oxygens (including phenoxy) is 1. The van der Waals surface area contributed by atoms with Crippen LogP contribution in [0.25, 0.3) is 0 Å². The minimum Gasteiger partial charge on any atom is -0.459 e. The third kappa shape index (κ3) is 5.36. The predicted octanol–water partition coefficient (Wildman–Crippen LogP) is 1.79. The Bertz CT molecular complexity index is 265. The van der Waals surface area contributed by atoms with Gasteiger partial charge in [0.15, 0.2) is 0 Å². The second-order valence-electron chi connectivity index (χ2n) is 6.30. The first-order valence-electron chi connectivity index (χ1n) is 6.91. The summed E-state index contributed by atoms with van der Waals surface area (Å²) in [5.41, 5.74) is -0.387. The lowest BCUT2D eigenvalue weighted by atomic mass is 9.90. The molecule has 0 heterocycles. The summed E-state index contributed by atoms with van der Waals surface area (Å²) < 4.78 is 5.35. The zero-order valence-electron chi connectivity index (χ0n) is 12.5. The van der Waals surface area contributed by atoms with Crippen LogP contribution in [-0.4, -0.2) is 49.2 Å². The first kappa shape index (κ1) is 15.4. The van der Waals surface area contributed by atoms with Crippen LogP contribution in [0.1, 0.15) is 46.5 Å². The number of esters is 1. The Morgan fingerprint density at radius 3 is 2.28 bits per heavy atom. The molecule has 0 atom stereocenters. The highest BCUT2D eigenvalue weighted by Gasteiger charge is 2.25. The van der Waals surface area contributed by atoms with Crippen molar-refractivity contribution in [1.29, 1.82) is 0 Å². The maximum Gasteiger partial charge on any atom is 0.320 e. The lowest BCUT2D eigenvalue weighted by Gasteiger charge is -2.34. The van der Waals surface area contributed by atoms with Gasteiger partial charge in [-0.15, -0.1) is 0 Å². The second-order valence-corrected chi connectivity index (χ2v) is 6.30. The molecule has 1 saturated carbocycles. The Hall–Kier alpha value is -0.610. The first-order valence-corrected chi connectivity index (χ1v) is 6.91. The Morgan fingerprint density at radius 1 is 1.28 bits per heavy atom. The maximum absolute atomic E-state index is 11.8. The zero-order chi connectivity index (χ0) is 13.8. The van der Waals surface area contributed by atoms with Gasteiger partial charge in [-0.2, -0.15) is 0 Å². The molecule has 4 heteroatoms. The number of hydrogen-bond donors (Lipinski definition) is 1. The topological polar surface area (TPSA) is 41.6 Å². The van der Waals surface area contributed by atoms with E-state index in [9.17, 15) is 4.79 Å². The third-order valence-electron chi connectivity index (χ3n) is 3.53. The standard InChI is InChI=1S/C14H28N2O2/c1-14(2,3)18-13(17)10-16(5)12-8-6-11(15-4)7-9-12/h11-12,15H,6-10H2,1-5H3. The predicted molar refractivity (Wildman–Crippen MR) is 73.6 cm³/mol. The first-order chi connectivity index (χ1) is 8.31. The van der Waals surface area contributed by atoms with E-state index in [2.05, 4.69) is 10.2 Å². The molecule has 0 amide bonds. The normalized spacial score (nSPS) is 25.2. The Labute approximate surface area is 111 Å². The highest BCUT2D eigenvalue weighted by Crippen LogP contribution is 2.22. The molecule has 0 aromatic rings. The third-order valence-corrected chi connectivity index (χ3v) is 3.53. The van der Waals surface area contributed by atoms with Gasteiger partial charge in [-0.1, -0.05) is 0 Å². The number of hydrogen-bond acceptors (Lipinski definition) is 4. The fourth-order valence-corrected chi connectivity index (χ4v) is 2.51. The minimum atomic E-state index is -0.387. The van der Waals surface area contributed by atoms with Gasteiger partial charge in [0, 0.05) is 12.1 Å². The van der Waals surface area contributed by atoms with Gasteiger partial charge in [0.2, 0.25) is 0 Å². The number of rotatable bonds is 4. The molecule has 0 aromatic carbocycles. The summed E-state index contributed by atoms with van der Waals surface area (Å²) in [6.45, 7) is 6.11. The van der Waals surface area contributed by atoms with Crippen LogP contribution in [-0.2, 0) is 9.53 Å². The van der Waals surface area contributed by atoms with Crippen LogP contribution >= 0.6 is 0 Å². The van der Waals surface area contributed by atoms with Gasteiger partial charge in [-0.25, -0.2) is 0 Å². The van der Waals surface area contributed by atoms with Crippen molar-refractivity contribution in [2.45, 2.75) is 64.1 Å². The van der Waals surface area contributed by atoms with Crippen LogP contribution in [0.4, 0.5) is 0 Å². The molecule has 1 rings (SSSR count). The molecule has 1 aliphatic rings. The average molecular weight is 256 g/mol. The number of nitrogens with one attached hydrogen (secondary N) is 1. The highest BCUT2D eigenvalue weighted by molar-refractivity contribution is 5.72. The van der Waals surface area contributed by atoms with Crippen molar-refractivity contribution in [2.75, 3.05) is 20.6 Å². The highest BCUT2D eigenvalue weighted by atomic mass is 16.6. The molecule has 0 unspecified atom stereocenters. The summed E-state index contributed by atoms with van der Waals surface area (Å²) in [5, 5.41) is 3.33. The molecule has 0 saturated heterocycles. The van der Waals surface area contributed by atoms with Crippen molar-refractivity contribution in [3.63, 3.8) is 0 Å². The van der Waals surface area contributed by atoms with Crippen LogP contribution < -0.4 is 5.32 Å². The van der Waals surface area contributed by atoms with E-state index in [4.69, 9.17) is 4.74 Å². The lowest BCUT2D eigenvalue weighted by molar-refractivity contribution is -0.156. The molecular weight excluding hydrogens is 228 g/mol. The molecule has 0 spiro atoms. The number of carbonyl (C=O) groups excluding carboxylic acids is 1. The van der Waals surface area contributed by atoms with Gasteiger partial charge < -0.3 is 10.1 Å². The Balaban J connectivity index is 2.33. The molecule has 1 N–H and O–H groups in total. The summed E-state index contributed by atoms with van der Waals surface area (Å²) >= 11 is 0. The maximum atomic E-state index is 11.8. The minimum absolute atomic E-state index is 0.124. The summed E-state index contributed by atoms with van der Waals surface area (Å²) in [6.07, 6.45) is 4.70. The summed E-state index contributed by atoms with van der Waals surface area (Å²) in [7, 11) is 4.05. The fourth-order valence-electron chi connectivity index (χ4n) is 2.51. The molecular formula is C14H28N2O2. The van der Waals surface area contributed by atoms with Gasteiger partial charge in [-0.3, -0.25) is 9.69 Å². The molecule has 106 valence electrons. The van der Waals surface area contributed by atoms with Gasteiger partial charge >= 0.3 is 5.97 Å². The summed E-state index contributed by atoms with van der Waals surface area (Å²) in [4.78, 5) is 13.9. The van der Waals surface area contributed by atoms with E-state index in [1.54, 1.807) is 0 Å². The van der Waals surface area contributed by atoms with Crippen molar-refractivity contribution >= 4 is 5.97 Å². The van der Waals surface area contributed by atoms with Crippen LogP contribution in [0.15, 0.2) is 0 Å². The van der Waals surface area contributed by atoms with Crippen molar-refractivity contribution in [2.24, 2.45) is 0 Å². The molecule has 4 nitrogen and oxygen atoms in total. The monoisotopic (exact) mass is 256 g/mol. The van der Waals surface area contributed by atoms with E-state index in [0.717, 1.165) is 12.8 Å². The molecule has 0 radical (unpaired) electrons. The zero-order valence-corrected chi connectivity index (χ0v) is 12.5. The molecule has 1 fully saturated rings. The average Bonchev–Trinajstić information content (AvgIpc) is 2.26. The molecule has 1 aliphatic carbocycles. The van der Waals surface area contributed by atoms with Gasteiger partial charge in [0.1, 0.15) is 5.60 Å². The van der Waals surface area contributed by atoms with E-state index < -0.39 is 0 Å². The number of carbonyl (C=O) groups is 1. The SMILES string of the molecule is CNC1CCC(N(C)CC(=O)OC(C)(C)C)CC1. The number of likely N-dealkylation sites (N-methyl/N-ethyl adjacent to an activating group) is 1. The van der Waals surface area contributed by atoms with Crippen LogP contribution in [0.3, 0.4) is 0 Å². The van der Waals surface area contributed by atoms with E-state index in [1.165, 1.54) is 12.8 Å². The van der Waals surface area contributed by atoms with E-state index >= 15 is 0 Å². The molecule has 18 heavy (non-hydrogen) atoms. The van der Waals surface area contributed by atoms with Crippen LogP contribution in [0.2, 0.25) is 0 Å². The van der Waals surface area contributed by atoms with Crippen molar-refractivity contribution in [1.82, 2.24) is 10.2 Å². The lowest BCUT2D eigenvalue weighted by Crippen LogP contribution is -2.43. The fraction of sp³-hybridized carbons (Fsp3) is 0.929. The van der Waals surface area contributed by atoms with Crippen molar-refractivity contribution < 1.29 is 9.53 Å². The quantitative estimate of drug-likeness (QED) is 0.779. The van der Waals surface area contributed by atoms with Crippen molar-refractivity contribution in [3.8, 4) is 0 Å². The molecule has 0 bridgehead atoms. The van der Waals surface area contributed by atoms with E-state index in [0.29, 0.717) is 18.6 Å². The van der Waals surface area contributed by atoms with E-state index in [-0.39, 0.29) is 11.6 Å². The molecule has 0 aromatic heterocycles. The van der Waals surface area contributed by atoms with Crippen molar-refractivity contribution in [3.05, 3.63) is 0 Å². The van der Waals surface area contributed by atoms with Gasteiger partial charge in [0.25, 0.3) is 0 Å². The Morgan fingerprint density at radius 2 is 1.83 bits per heavy atom. The Kier molecular flexibility index (Phi) is 5.60. The summed E-state index contributed by atoms with van der Waals surface area (Å²) in [5.74, 6) is -0.124. The largest absolute Gasteiger partial charge is 0.459 e. The smallest absolute Gasteiger partial charge is 0.320 e. The van der Waals surface area contributed by atoms with E-state index in [1.807, 2.05) is 34.9 Å². The second kappa shape index (κ2) is 6.53. The van der Waals surface area contributed by atoms with Gasteiger partial charge in [-0.05, 0) is 60.5 Å². The van der Waals surface area contributed by atoms with Crippen LogP contribution in [0, 0.1) is 0 Å². The summed E-state index contributed by atoms with van der Waals surface area (Å²) in [6, 6.07) is 1.17. The molecule has 0 aliphatic heterocycles. The number of nitrogens with zero attached hydrogens (tertiary/aromatic N) is 1.